The van der Waals surface area contributed by atoms with E-state index in [-0.39, 0.29) is 17.8 Å². The van der Waals surface area contributed by atoms with Crippen molar-refractivity contribution in [3.63, 3.8) is 0 Å². The van der Waals surface area contributed by atoms with E-state index >= 15 is 0 Å². The molecule has 3 rings (SSSR count). The van der Waals surface area contributed by atoms with Gasteiger partial charge in [0.25, 0.3) is 0 Å². The predicted molar refractivity (Wildman–Crippen MR) is 93.6 cm³/mol. The summed E-state index contributed by atoms with van der Waals surface area (Å²) in [6, 6.07) is 0. The van der Waals surface area contributed by atoms with Crippen molar-refractivity contribution in [1.29, 1.82) is 0 Å². The van der Waals surface area contributed by atoms with Crippen LogP contribution in [0.5, 0.6) is 0 Å². The molecule has 1 spiro atoms. The van der Waals surface area contributed by atoms with Crippen LogP contribution in [-0.4, -0.2) is 54.2 Å². The van der Waals surface area contributed by atoms with Crippen LogP contribution in [0.1, 0.15) is 44.9 Å². The molecule has 0 aromatic heterocycles. The van der Waals surface area contributed by atoms with Crippen molar-refractivity contribution in [2.45, 2.75) is 49.7 Å². The molecule has 2 saturated heterocycles. The van der Waals surface area contributed by atoms with E-state index in [0.717, 1.165) is 31.7 Å². The van der Waals surface area contributed by atoms with Gasteiger partial charge in [-0.25, -0.2) is 0 Å². The maximum Gasteiger partial charge on any atom is 0.230 e. The SMILES string of the molecule is Cl.NCC1(C(=O)N2CCSC3(CCCCC3)C2)CCOCC1. The molecule has 22 heavy (non-hydrogen) atoms. The second kappa shape index (κ2) is 7.73. The van der Waals surface area contributed by atoms with Gasteiger partial charge >= 0.3 is 0 Å². The smallest absolute Gasteiger partial charge is 0.230 e. The van der Waals surface area contributed by atoms with Gasteiger partial charge in [-0.05, 0) is 25.7 Å². The standard InChI is InChI=1S/C16H28N2O2S.ClH/c17-12-15(6-9-20-10-7-15)14(19)18-8-11-21-16(13-18)4-2-1-3-5-16;/h1-13,17H2;1H. The third-order valence-electron chi connectivity index (χ3n) is 5.59. The Kier molecular flexibility index (Phi) is 6.46. The van der Waals surface area contributed by atoms with Gasteiger partial charge in [-0.2, -0.15) is 11.8 Å². The summed E-state index contributed by atoms with van der Waals surface area (Å²) in [7, 11) is 0. The van der Waals surface area contributed by atoms with Crippen molar-refractivity contribution in [1.82, 2.24) is 4.90 Å². The van der Waals surface area contributed by atoms with Gasteiger partial charge in [-0.1, -0.05) is 19.3 Å². The number of halogens is 1. The van der Waals surface area contributed by atoms with Crippen LogP contribution >= 0.6 is 24.2 Å². The fourth-order valence-electron chi connectivity index (χ4n) is 4.12. The largest absolute Gasteiger partial charge is 0.381 e. The third-order valence-corrected chi connectivity index (χ3v) is 7.13. The van der Waals surface area contributed by atoms with Gasteiger partial charge in [0.15, 0.2) is 0 Å². The van der Waals surface area contributed by atoms with Gasteiger partial charge in [-0.15, -0.1) is 12.4 Å². The zero-order chi connectivity index (χ0) is 14.8. The van der Waals surface area contributed by atoms with E-state index in [4.69, 9.17) is 10.5 Å². The van der Waals surface area contributed by atoms with E-state index in [1.807, 2.05) is 0 Å². The van der Waals surface area contributed by atoms with Gasteiger partial charge in [-0.3, -0.25) is 4.79 Å². The molecule has 1 saturated carbocycles. The van der Waals surface area contributed by atoms with Crippen molar-refractivity contribution in [2.24, 2.45) is 11.1 Å². The molecule has 6 heteroatoms. The van der Waals surface area contributed by atoms with Crippen LogP contribution in [0.4, 0.5) is 0 Å². The van der Waals surface area contributed by atoms with Crippen molar-refractivity contribution in [3.05, 3.63) is 0 Å². The molecule has 3 fully saturated rings. The fourth-order valence-corrected chi connectivity index (χ4v) is 5.69. The van der Waals surface area contributed by atoms with Crippen molar-refractivity contribution in [2.75, 3.05) is 38.6 Å². The lowest BCUT2D eigenvalue weighted by Crippen LogP contribution is -2.57. The summed E-state index contributed by atoms with van der Waals surface area (Å²) < 4.78 is 5.78. The lowest BCUT2D eigenvalue weighted by Gasteiger charge is -2.47. The molecule has 4 nitrogen and oxygen atoms in total. The van der Waals surface area contributed by atoms with Gasteiger partial charge in [0, 0.05) is 43.3 Å². The highest BCUT2D eigenvalue weighted by Crippen LogP contribution is 2.44. The van der Waals surface area contributed by atoms with Crippen molar-refractivity contribution in [3.8, 4) is 0 Å². The Morgan fingerprint density at radius 1 is 1.14 bits per heavy atom. The minimum atomic E-state index is -0.351. The number of hydrogen-bond donors (Lipinski definition) is 1. The average molecular weight is 349 g/mol. The Morgan fingerprint density at radius 2 is 1.82 bits per heavy atom. The number of amides is 1. The van der Waals surface area contributed by atoms with E-state index in [1.165, 1.54) is 32.1 Å². The highest BCUT2D eigenvalue weighted by atomic mass is 35.5. The normalized spacial score (nSPS) is 27.2. The van der Waals surface area contributed by atoms with Crippen molar-refractivity contribution < 1.29 is 9.53 Å². The van der Waals surface area contributed by atoms with E-state index in [2.05, 4.69) is 16.7 Å². The molecule has 2 N–H and O–H groups in total. The van der Waals surface area contributed by atoms with E-state index in [1.54, 1.807) is 0 Å². The summed E-state index contributed by atoms with van der Waals surface area (Å²) in [5.74, 6) is 1.39. The summed E-state index contributed by atoms with van der Waals surface area (Å²) in [6.45, 7) is 3.66. The van der Waals surface area contributed by atoms with Crippen LogP contribution in [0.25, 0.3) is 0 Å². The number of nitrogens with zero attached hydrogens (tertiary/aromatic N) is 1. The summed E-state index contributed by atoms with van der Waals surface area (Å²) in [6.07, 6.45) is 8.15. The van der Waals surface area contributed by atoms with Crippen LogP contribution < -0.4 is 5.73 Å². The van der Waals surface area contributed by atoms with Gasteiger partial charge in [0.2, 0.25) is 5.91 Å². The predicted octanol–water partition coefficient (Wildman–Crippen LogP) is 2.44. The van der Waals surface area contributed by atoms with Gasteiger partial charge in [0.05, 0.1) is 5.41 Å². The fraction of sp³-hybridized carbons (Fsp3) is 0.938. The molecule has 0 aromatic carbocycles. The molecule has 1 amide bonds. The zero-order valence-electron chi connectivity index (χ0n) is 13.3. The Bertz CT molecular complexity index is 377. The number of hydrogen-bond acceptors (Lipinski definition) is 4. The first-order valence-electron chi connectivity index (χ1n) is 8.41. The number of rotatable bonds is 2. The van der Waals surface area contributed by atoms with E-state index in [0.29, 0.717) is 30.4 Å². The summed E-state index contributed by atoms with van der Waals surface area (Å²) in [4.78, 5) is 15.3. The van der Waals surface area contributed by atoms with Crippen LogP contribution in [0.3, 0.4) is 0 Å². The number of carbonyl (C=O) groups excluding carboxylic acids is 1. The first-order valence-corrected chi connectivity index (χ1v) is 9.40. The van der Waals surface area contributed by atoms with Gasteiger partial charge < -0.3 is 15.4 Å². The monoisotopic (exact) mass is 348 g/mol. The zero-order valence-corrected chi connectivity index (χ0v) is 15.0. The topological polar surface area (TPSA) is 55.6 Å². The highest BCUT2D eigenvalue weighted by molar-refractivity contribution is 8.00. The van der Waals surface area contributed by atoms with Crippen LogP contribution in [0.15, 0.2) is 0 Å². The quantitative estimate of drug-likeness (QED) is 0.832. The Hall–Kier alpha value is 0.0300. The van der Waals surface area contributed by atoms with Gasteiger partial charge in [0.1, 0.15) is 0 Å². The van der Waals surface area contributed by atoms with Crippen LogP contribution in [0, 0.1) is 5.41 Å². The third kappa shape index (κ3) is 3.58. The minimum Gasteiger partial charge on any atom is -0.381 e. The first kappa shape index (κ1) is 18.4. The average Bonchev–Trinajstić information content (AvgIpc) is 2.55. The molecule has 0 bridgehead atoms. The molecule has 0 atom stereocenters. The molecular formula is C16H29ClN2O2S. The summed E-state index contributed by atoms with van der Waals surface area (Å²) in [5, 5.41) is 0. The molecule has 2 aliphatic heterocycles. The molecule has 0 unspecified atom stereocenters. The van der Waals surface area contributed by atoms with Crippen molar-refractivity contribution >= 4 is 30.1 Å². The Balaban J connectivity index is 0.00000176. The summed E-state index contributed by atoms with van der Waals surface area (Å²) >= 11 is 2.11. The lowest BCUT2D eigenvalue weighted by atomic mass is 9.78. The number of thioether (sulfide) groups is 1. The lowest BCUT2D eigenvalue weighted by molar-refractivity contribution is -0.147. The highest BCUT2D eigenvalue weighted by Gasteiger charge is 2.45. The Morgan fingerprint density at radius 3 is 2.45 bits per heavy atom. The summed E-state index contributed by atoms with van der Waals surface area (Å²) in [5.41, 5.74) is 5.66. The van der Waals surface area contributed by atoms with Crippen LogP contribution in [0.2, 0.25) is 0 Å². The second-order valence-electron chi connectivity index (χ2n) is 6.92. The van der Waals surface area contributed by atoms with Crippen LogP contribution in [-0.2, 0) is 9.53 Å². The number of nitrogens with two attached hydrogens (primary N) is 1. The molecule has 0 radical (unpaired) electrons. The number of ether oxygens (including phenoxy) is 1. The molecule has 2 heterocycles. The maximum absolute atomic E-state index is 13.1. The molecule has 3 aliphatic rings. The molecular weight excluding hydrogens is 320 g/mol. The first-order chi connectivity index (χ1) is 10.2. The Labute approximate surface area is 144 Å². The molecule has 1 aliphatic carbocycles. The number of carbonyl (C=O) groups is 1. The van der Waals surface area contributed by atoms with E-state index < -0.39 is 0 Å². The second-order valence-corrected chi connectivity index (χ2v) is 8.48. The molecule has 0 aromatic rings. The maximum atomic E-state index is 13.1. The van der Waals surface area contributed by atoms with E-state index in [9.17, 15) is 4.79 Å². The minimum absolute atomic E-state index is 0. The molecule has 128 valence electrons.